The summed E-state index contributed by atoms with van der Waals surface area (Å²) >= 11 is 0. The molecule has 0 saturated heterocycles. The van der Waals surface area contributed by atoms with E-state index < -0.39 is 24.0 Å². The van der Waals surface area contributed by atoms with Gasteiger partial charge >= 0.3 is 11.9 Å². The van der Waals surface area contributed by atoms with E-state index in [2.05, 4.69) is 13.8 Å². The maximum Gasteiger partial charge on any atom is 0.317 e. The molecule has 0 amide bonds. The number of carbonyl (C=O) groups is 2. The predicted molar refractivity (Wildman–Crippen MR) is 93.5 cm³/mol. The van der Waals surface area contributed by atoms with Crippen LogP contribution in [0.5, 0.6) is 0 Å². The number of carbonyl (C=O) groups excluding carboxylic acids is 1. The van der Waals surface area contributed by atoms with Crippen LogP contribution in [-0.2, 0) is 14.3 Å². The Morgan fingerprint density at radius 1 is 0.826 bits per heavy atom. The Morgan fingerprint density at radius 2 is 1.30 bits per heavy atom. The standard InChI is InChI=1S/C19H36O4/c1-4-6-8-9-10-11-12-13-15-19(3,14-7-5-2)23-18(22)16-17(20)21/h4-16H2,1-3H3,(H,20,21). The zero-order valence-electron chi connectivity index (χ0n) is 15.4. The van der Waals surface area contributed by atoms with Crippen molar-refractivity contribution >= 4 is 11.9 Å². The maximum atomic E-state index is 11.7. The molecule has 0 spiro atoms. The van der Waals surface area contributed by atoms with E-state index in [4.69, 9.17) is 9.84 Å². The minimum atomic E-state index is -1.13. The Morgan fingerprint density at radius 3 is 1.83 bits per heavy atom. The molecule has 0 aliphatic carbocycles. The van der Waals surface area contributed by atoms with E-state index in [9.17, 15) is 9.59 Å². The van der Waals surface area contributed by atoms with Gasteiger partial charge in [-0.15, -0.1) is 0 Å². The van der Waals surface area contributed by atoms with Gasteiger partial charge in [-0.25, -0.2) is 0 Å². The van der Waals surface area contributed by atoms with Gasteiger partial charge in [0.2, 0.25) is 0 Å². The summed E-state index contributed by atoms with van der Waals surface area (Å²) in [6.07, 6.45) is 13.1. The fourth-order valence-electron chi connectivity index (χ4n) is 2.84. The van der Waals surface area contributed by atoms with Gasteiger partial charge in [0.1, 0.15) is 12.0 Å². The second-order valence-electron chi connectivity index (χ2n) is 6.82. The van der Waals surface area contributed by atoms with Crippen LogP contribution < -0.4 is 0 Å². The average Bonchev–Trinajstić information content (AvgIpc) is 2.47. The van der Waals surface area contributed by atoms with Crippen LogP contribution in [0.2, 0.25) is 0 Å². The minimum Gasteiger partial charge on any atom is -0.481 e. The van der Waals surface area contributed by atoms with Gasteiger partial charge in [-0.1, -0.05) is 65.2 Å². The first-order chi connectivity index (χ1) is 10.9. The first-order valence-electron chi connectivity index (χ1n) is 9.37. The van der Waals surface area contributed by atoms with Gasteiger partial charge in [0.25, 0.3) is 0 Å². The number of hydrogen-bond donors (Lipinski definition) is 1. The average molecular weight is 328 g/mol. The van der Waals surface area contributed by atoms with Crippen molar-refractivity contribution < 1.29 is 19.4 Å². The molecular formula is C19H36O4. The number of carboxylic acid groups (broad SMARTS) is 1. The van der Waals surface area contributed by atoms with Crippen LogP contribution in [0.25, 0.3) is 0 Å². The van der Waals surface area contributed by atoms with E-state index in [1.165, 1.54) is 38.5 Å². The third-order valence-electron chi connectivity index (χ3n) is 4.27. The monoisotopic (exact) mass is 328 g/mol. The number of rotatable bonds is 15. The number of aliphatic carboxylic acids is 1. The van der Waals surface area contributed by atoms with Crippen LogP contribution in [0.1, 0.15) is 104 Å². The highest BCUT2D eigenvalue weighted by Gasteiger charge is 2.28. The molecule has 4 heteroatoms. The smallest absolute Gasteiger partial charge is 0.317 e. The Bertz CT molecular complexity index is 327. The minimum absolute atomic E-state index is 0.509. The lowest BCUT2D eigenvalue weighted by Gasteiger charge is -2.29. The topological polar surface area (TPSA) is 63.6 Å². The van der Waals surface area contributed by atoms with Gasteiger partial charge in [-0.05, 0) is 32.6 Å². The van der Waals surface area contributed by atoms with Gasteiger partial charge in [-0.2, -0.15) is 0 Å². The zero-order valence-corrected chi connectivity index (χ0v) is 15.4. The molecule has 0 fully saturated rings. The van der Waals surface area contributed by atoms with Crippen molar-refractivity contribution in [2.45, 2.75) is 110 Å². The van der Waals surface area contributed by atoms with Crippen LogP contribution in [0.4, 0.5) is 0 Å². The molecule has 1 unspecified atom stereocenters. The van der Waals surface area contributed by atoms with Crippen LogP contribution in [0.15, 0.2) is 0 Å². The van der Waals surface area contributed by atoms with Crippen molar-refractivity contribution in [1.29, 1.82) is 0 Å². The molecule has 136 valence electrons. The van der Waals surface area contributed by atoms with E-state index in [-0.39, 0.29) is 0 Å². The molecule has 1 atom stereocenters. The highest BCUT2D eigenvalue weighted by atomic mass is 16.6. The lowest BCUT2D eigenvalue weighted by Crippen LogP contribution is -2.32. The Balaban J connectivity index is 4.07. The number of unbranched alkanes of at least 4 members (excludes halogenated alkanes) is 8. The van der Waals surface area contributed by atoms with Crippen molar-refractivity contribution in [3.63, 3.8) is 0 Å². The van der Waals surface area contributed by atoms with Gasteiger partial charge in [0.15, 0.2) is 0 Å². The van der Waals surface area contributed by atoms with Crippen LogP contribution >= 0.6 is 0 Å². The first kappa shape index (κ1) is 21.9. The lowest BCUT2D eigenvalue weighted by atomic mass is 9.91. The second kappa shape index (κ2) is 13.4. The number of ether oxygens (including phenoxy) is 1. The van der Waals surface area contributed by atoms with Crippen molar-refractivity contribution in [3.8, 4) is 0 Å². The molecule has 0 aromatic rings. The molecular weight excluding hydrogens is 292 g/mol. The van der Waals surface area contributed by atoms with E-state index in [0.717, 1.165) is 38.5 Å². The molecule has 0 aromatic heterocycles. The van der Waals surface area contributed by atoms with Crippen LogP contribution in [-0.4, -0.2) is 22.6 Å². The second-order valence-corrected chi connectivity index (χ2v) is 6.82. The summed E-state index contributed by atoms with van der Waals surface area (Å²) in [4.78, 5) is 22.3. The van der Waals surface area contributed by atoms with E-state index in [0.29, 0.717) is 0 Å². The van der Waals surface area contributed by atoms with E-state index >= 15 is 0 Å². The highest BCUT2D eigenvalue weighted by Crippen LogP contribution is 2.27. The highest BCUT2D eigenvalue weighted by molar-refractivity contribution is 5.90. The first-order valence-corrected chi connectivity index (χ1v) is 9.37. The molecule has 0 radical (unpaired) electrons. The van der Waals surface area contributed by atoms with Gasteiger partial charge in [0.05, 0.1) is 0 Å². The van der Waals surface area contributed by atoms with Crippen molar-refractivity contribution in [2.24, 2.45) is 0 Å². The molecule has 0 aliphatic heterocycles. The third-order valence-corrected chi connectivity index (χ3v) is 4.27. The summed E-state index contributed by atoms with van der Waals surface area (Å²) in [7, 11) is 0. The summed E-state index contributed by atoms with van der Waals surface area (Å²) in [5, 5.41) is 8.69. The Kier molecular flexibility index (Phi) is 12.8. The zero-order chi connectivity index (χ0) is 17.6. The number of hydrogen-bond acceptors (Lipinski definition) is 3. The summed E-state index contributed by atoms with van der Waals surface area (Å²) in [5.41, 5.74) is -0.509. The Hall–Kier alpha value is -1.06. The summed E-state index contributed by atoms with van der Waals surface area (Å²) in [6, 6.07) is 0. The summed E-state index contributed by atoms with van der Waals surface area (Å²) < 4.78 is 5.49. The molecule has 1 N–H and O–H groups in total. The molecule has 0 aliphatic rings. The summed E-state index contributed by atoms with van der Waals surface area (Å²) in [6.45, 7) is 6.28. The predicted octanol–water partition coefficient (Wildman–Crippen LogP) is 5.48. The molecule has 0 saturated carbocycles. The maximum absolute atomic E-state index is 11.7. The molecule has 23 heavy (non-hydrogen) atoms. The van der Waals surface area contributed by atoms with Crippen molar-refractivity contribution in [1.82, 2.24) is 0 Å². The largest absolute Gasteiger partial charge is 0.481 e. The quantitative estimate of drug-likeness (QED) is 0.245. The van der Waals surface area contributed by atoms with Crippen LogP contribution in [0, 0.1) is 0 Å². The van der Waals surface area contributed by atoms with E-state index in [1.54, 1.807) is 0 Å². The number of esters is 1. The molecule has 0 bridgehead atoms. The lowest BCUT2D eigenvalue weighted by molar-refractivity contribution is -0.163. The van der Waals surface area contributed by atoms with E-state index in [1.807, 2.05) is 6.92 Å². The SMILES string of the molecule is CCCCCCCCCCC(C)(CCCC)OC(=O)CC(=O)O. The van der Waals surface area contributed by atoms with Crippen molar-refractivity contribution in [2.75, 3.05) is 0 Å². The molecule has 0 aromatic carbocycles. The fourth-order valence-corrected chi connectivity index (χ4v) is 2.84. The molecule has 0 heterocycles. The third kappa shape index (κ3) is 13.1. The van der Waals surface area contributed by atoms with Crippen molar-refractivity contribution in [3.05, 3.63) is 0 Å². The van der Waals surface area contributed by atoms with Crippen LogP contribution in [0.3, 0.4) is 0 Å². The Labute approximate surface area is 142 Å². The van der Waals surface area contributed by atoms with Gasteiger partial charge in [0, 0.05) is 0 Å². The van der Waals surface area contributed by atoms with Gasteiger partial charge in [-0.3, -0.25) is 9.59 Å². The fraction of sp³-hybridized carbons (Fsp3) is 0.895. The normalized spacial score (nSPS) is 13.5. The summed E-state index contributed by atoms with van der Waals surface area (Å²) in [5.74, 6) is -1.74. The number of carboxylic acids is 1. The molecule has 4 nitrogen and oxygen atoms in total. The van der Waals surface area contributed by atoms with Gasteiger partial charge < -0.3 is 9.84 Å². The molecule has 0 rings (SSSR count).